The molecule has 0 aliphatic rings. The van der Waals surface area contributed by atoms with Crippen LogP contribution in [-0.4, -0.2) is 31.4 Å². The Labute approximate surface area is 133 Å². The number of alkyl carbamates (subject to hydrolysis) is 1. The summed E-state index contributed by atoms with van der Waals surface area (Å²) in [5.74, 6) is 0.846. The molecule has 0 saturated heterocycles. The molecule has 0 radical (unpaired) electrons. The van der Waals surface area contributed by atoms with Crippen LogP contribution in [0.15, 0.2) is 18.2 Å². The fourth-order valence-electron chi connectivity index (χ4n) is 1.78. The Kier molecular flexibility index (Phi) is 7.02. The predicted molar refractivity (Wildman–Crippen MR) is 89.7 cm³/mol. The van der Waals surface area contributed by atoms with Crippen molar-refractivity contribution in [2.45, 2.75) is 46.6 Å². The number of aryl methyl sites for hydroxylation is 1. The van der Waals surface area contributed by atoms with Gasteiger partial charge in [-0.1, -0.05) is 13.0 Å². The molecule has 0 bridgehead atoms. The van der Waals surface area contributed by atoms with Crippen LogP contribution in [0, 0.1) is 6.92 Å². The lowest BCUT2D eigenvalue weighted by molar-refractivity contribution is 0.0530. The van der Waals surface area contributed by atoms with Gasteiger partial charge < -0.3 is 20.1 Å². The first-order valence-corrected chi connectivity index (χ1v) is 7.76. The van der Waals surface area contributed by atoms with Gasteiger partial charge in [0.05, 0.1) is 12.3 Å². The monoisotopic (exact) mass is 308 g/mol. The van der Waals surface area contributed by atoms with E-state index in [1.54, 1.807) is 0 Å². The summed E-state index contributed by atoms with van der Waals surface area (Å²) in [5, 5.41) is 5.99. The molecular formula is C17H28N2O3. The van der Waals surface area contributed by atoms with Crippen LogP contribution < -0.4 is 15.4 Å². The number of benzene rings is 1. The minimum absolute atomic E-state index is 0.402. The van der Waals surface area contributed by atoms with Crippen LogP contribution in [0.25, 0.3) is 0 Å². The zero-order chi connectivity index (χ0) is 16.6. The molecule has 124 valence electrons. The van der Waals surface area contributed by atoms with Gasteiger partial charge in [0.2, 0.25) is 0 Å². The number of hydrogen-bond acceptors (Lipinski definition) is 4. The van der Waals surface area contributed by atoms with E-state index in [-0.39, 0.29) is 0 Å². The van der Waals surface area contributed by atoms with Gasteiger partial charge in [-0.25, -0.2) is 4.79 Å². The van der Waals surface area contributed by atoms with Gasteiger partial charge in [0.15, 0.2) is 0 Å². The van der Waals surface area contributed by atoms with Gasteiger partial charge in [-0.05, 0) is 51.8 Å². The van der Waals surface area contributed by atoms with Crippen LogP contribution in [0.1, 0.15) is 39.7 Å². The number of amides is 1. The van der Waals surface area contributed by atoms with Crippen molar-refractivity contribution in [3.63, 3.8) is 0 Å². The summed E-state index contributed by atoms with van der Waals surface area (Å²) in [6, 6.07) is 6.04. The quantitative estimate of drug-likeness (QED) is 0.754. The average Bonchev–Trinajstić information content (AvgIpc) is 2.41. The second-order valence-electron chi connectivity index (χ2n) is 6.20. The summed E-state index contributed by atoms with van der Waals surface area (Å²) in [4.78, 5) is 11.5. The van der Waals surface area contributed by atoms with Gasteiger partial charge in [0.25, 0.3) is 0 Å². The number of nitrogens with one attached hydrogen (secondary N) is 2. The van der Waals surface area contributed by atoms with Crippen LogP contribution >= 0.6 is 0 Å². The van der Waals surface area contributed by atoms with Gasteiger partial charge in [-0.2, -0.15) is 0 Å². The van der Waals surface area contributed by atoms with E-state index < -0.39 is 11.7 Å². The summed E-state index contributed by atoms with van der Waals surface area (Å²) in [6.07, 6.45) is 0.564. The van der Waals surface area contributed by atoms with Gasteiger partial charge in [-0.3, -0.25) is 0 Å². The highest BCUT2D eigenvalue weighted by atomic mass is 16.6. The molecule has 0 aliphatic carbocycles. The molecule has 1 amide bonds. The molecule has 1 aromatic carbocycles. The van der Waals surface area contributed by atoms with E-state index >= 15 is 0 Å². The van der Waals surface area contributed by atoms with Gasteiger partial charge >= 0.3 is 6.09 Å². The van der Waals surface area contributed by atoms with Crippen LogP contribution in [0.2, 0.25) is 0 Å². The number of ether oxygens (including phenoxy) is 2. The molecule has 0 fully saturated rings. The summed E-state index contributed by atoms with van der Waals surface area (Å²) in [6.45, 7) is 11.4. The third-order valence-electron chi connectivity index (χ3n) is 2.71. The van der Waals surface area contributed by atoms with Crippen LogP contribution in [-0.2, 0) is 4.74 Å². The fraction of sp³-hybridized carbons (Fsp3) is 0.588. The Morgan fingerprint density at radius 1 is 1.23 bits per heavy atom. The molecule has 0 heterocycles. The fourth-order valence-corrected chi connectivity index (χ4v) is 1.78. The van der Waals surface area contributed by atoms with Crippen molar-refractivity contribution in [1.29, 1.82) is 0 Å². The maximum Gasteiger partial charge on any atom is 0.407 e. The topological polar surface area (TPSA) is 59.6 Å². The predicted octanol–water partition coefficient (Wildman–Crippen LogP) is 3.72. The van der Waals surface area contributed by atoms with Crippen LogP contribution in [0.5, 0.6) is 5.75 Å². The van der Waals surface area contributed by atoms with Crippen molar-refractivity contribution in [3.8, 4) is 5.75 Å². The summed E-state index contributed by atoms with van der Waals surface area (Å²) >= 11 is 0. The Morgan fingerprint density at radius 2 is 1.95 bits per heavy atom. The molecule has 22 heavy (non-hydrogen) atoms. The average molecular weight is 308 g/mol. The smallest absolute Gasteiger partial charge is 0.407 e. The van der Waals surface area contributed by atoms with Crippen molar-refractivity contribution in [1.82, 2.24) is 5.32 Å². The molecule has 0 atom stereocenters. The summed E-state index contributed by atoms with van der Waals surface area (Å²) in [7, 11) is 0. The maximum absolute atomic E-state index is 11.5. The van der Waals surface area contributed by atoms with Crippen LogP contribution in [0.3, 0.4) is 0 Å². The van der Waals surface area contributed by atoms with Crippen molar-refractivity contribution in [2.24, 2.45) is 0 Å². The molecule has 1 rings (SSSR count). The first-order valence-electron chi connectivity index (χ1n) is 7.76. The summed E-state index contributed by atoms with van der Waals surface area (Å²) < 4.78 is 10.9. The number of carbonyl (C=O) groups is 1. The number of anilines is 1. The molecule has 0 aromatic heterocycles. The van der Waals surface area contributed by atoms with Crippen molar-refractivity contribution >= 4 is 11.8 Å². The molecule has 0 aliphatic heterocycles. The standard InChI is InChI=1S/C17H28N2O3/c1-6-11-21-15-12-13(2)7-8-14(15)18-9-10-19-16(20)22-17(3,4)5/h7-8,12,18H,6,9-11H2,1-5H3,(H,19,20). The highest BCUT2D eigenvalue weighted by Crippen LogP contribution is 2.25. The largest absolute Gasteiger partial charge is 0.491 e. The second-order valence-corrected chi connectivity index (χ2v) is 6.20. The van der Waals surface area contributed by atoms with E-state index in [9.17, 15) is 4.79 Å². The second kappa shape index (κ2) is 8.51. The Bertz CT molecular complexity index is 481. The lowest BCUT2D eigenvalue weighted by Gasteiger charge is -2.20. The molecular weight excluding hydrogens is 280 g/mol. The maximum atomic E-state index is 11.5. The van der Waals surface area contributed by atoms with Crippen LogP contribution in [0.4, 0.5) is 10.5 Å². The molecule has 5 heteroatoms. The number of rotatable bonds is 7. The third-order valence-corrected chi connectivity index (χ3v) is 2.71. The molecule has 0 spiro atoms. The molecule has 2 N–H and O–H groups in total. The summed E-state index contributed by atoms with van der Waals surface area (Å²) in [5.41, 5.74) is 1.61. The highest BCUT2D eigenvalue weighted by molar-refractivity contribution is 5.67. The third kappa shape index (κ3) is 7.20. The van der Waals surface area contributed by atoms with Gasteiger partial charge in [0.1, 0.15) is 11.4 Å². The van der Waals surface area contributed by atoms with E-state index in [4.69, 9.17) is 9.47 Å². The zero-order valence-corrected chi connectivity index (χ0v) is 14.3. The Morgan fingerprint density at radius 3 is 2.59 bits per heavy atom. The lowest BCUT2D eigenvalue weighted by Crippen LogP contribution is -2.35. The van der Waals surface area contributed by atoms with Gasteiger partial charge in [0, 0.05) is 13.1 Å². The van der Waals surface area contributed by atoms with E-state index in [0.29, 0.717) is 19.7 Å². The van der Waals surface area contributed by atoms with Crippen molar-refractivity contribution < 1.29 is 14.3 Å². The number of hydrogen-bond donors (Lipinski definition) is 2. The lowest BCUT2D eigenvalue weighted by atomic mass is 10.2. The number of carbonyl (C=O) groups excluding carboxylic acids is 1. The first kappa shape index (κ1) is 18.1. The van der Waals surface area contributed by atoms with E-state index in [1.165, 1.54) is 0 Å². The molecule has 5 nitrogen and oxygen atoms in total. The Hall–Kier alpha value is -1.91. The van der Waals surface area contributed by atoms with E-state index in [2.05, 4.69) is 17.6 Å². The highest BCUT2D eigenvalue weighted by Gasteiger charge is 2.15. The van der Waals surface area contributed by atoms with Crippen molar-refractivity contribution in [3.05, 3.63) is 23.8 Å². The SMILES string of the molecule is CCCOc1cc(C)ccc1NCCNC(=O)OC(C)(C)C. The molecule has 1 aromatic rings. The van der Waals surface area contributed by atoms with E-state index in [0.717, 1.165) is 23.4 Å². The van der Waals surface area contributed by atoms with E-state index in [1.807, 2.05) is 45.9 Å². The minimum Gasteiger partial charge on any atom is -0.491 e. The molecule has 0 unspecified atom stereocenters. The Balaban J connectivity index is 2.43. The molecule has 0 saturated carbocycles. The zero-order valence-electron chi connectivity index (χ0n) is 14.3. The minimum atomic E-state index is -0.477. The first-order chi connectivity index (χ1) is 10.3. The van der Waals surface area contributed by atoms with Crippen molar-refractivity contribution in [2.75, 3.05) is 25.0 Å². The normalized spacial score (nSPS) is 11.0. The van der Waals surface area contributed by atoms with Gasteiger partial charge in [-0.15, -0.1) is 0 Å².